The van der Waals surface area contributed by atoms with Gasteiger partial charge in [0.1, 0.15) is 6.04 Å². The number of aryl methyl sites for hydroxylation is 1. The van der Waals surface area contributed by atoms with Crippen LogP contribution >= 0.6 is 0 Å². The van der Waals surface area contributed by atoms with Crippen LogP contribution in [0.15, 0.2) is 22.6 Å². The second-order valence-electron chi connectivity index (χ2n) is 5.07. The number of aromatic nitrogens is 2. The molecule has 0 spiro atoms. The molecule has 7 nitrogen and oxygen atoms in total. The average Bonchev–Trinajstić information content (AvgIpc) is 3.01. The number of carbonyl (C=O) groups is 1. The van der Waals surface area contributed by atoms with E-state index in [1.807, 2.05) is 0 Å². The molecule has 2 heterocycles. The van der Waals surface area contributed by atoms with Gasteiger partial charge in [0.15, 0.2) is 11.6 Å². The molecule has 8 heteroatoms. The highest BCUT2D eigenvalue weighted by Gasteiger charge is 2.34. The maximum atomic E-state index is 14.4. The number of hydrogen-bond acceptors (Lipinski definition) is 6. The lowest BCUT2D eigenvalue weighted by atomic mass is 10.1. The molecule has 0 aliphatic carbocycles. The summed E-state index contributed by atoms with van der Waals surface area (Å²) in [4.78, 5) is 14.2. The molecule has 1 atom stereocenters. The third kappa shape index (κ3) is 2.89. The van der Waals surface area contributed by atoms with Crippen molar-refractivity contribution >= 4 is 5.91 Å². The number of nitrogens with zero attached hydrogens (tertiary/aromatic N) is 3. The number of ether oxygens (including phenoxy) is 2. The summed E-state index contributed by atoms with van der Waals surface area (Å²) in [5.41, 5.74) is -0.0625. The second kappa shape index (κ2) is 6.33. The molecule has 1 aromatic carbocycles. The molecular weight excluding hydrogens is 305 g/mol. The van der Waals surface area contributed by atoms with Gasteiger partial charge in [0.25, 0.3) is 5.91 Å². The maximum absolute atomic E-state index is 14.4. The SMILES string of the molecule is COc1cccc(C(=O)N2CCOCC2c2nnc(C)o2)c1F. The van der Waals surface area contributed by atoms with Crippen molar-refractivity contribution in [3.05, 3.63) is 41.4 Å². The number of amides is 1. The molecule has 1 aliphatic rings. The summed E-state index contributed by atoms with van der Waals surface area (Å²) in [5, 5.41) is 7.71. The van der Waals surface area contributed by atoms with Crippen LogP contribution in [0.1, 0.15) is 28.2 Å². The lowest BCUT2D eigenvalue weighted by molar-refractivity contribution is -0.0109. The third-order valence-corrected chi connectivity index (χ3v) is 3.63. The standard InChI is InChI=1S/C15H16FN3O4/c1-9-17-18-14(23-9)11-8-22-7-6-19(11)15(20)10-4-3-5-12(21-2)13(10)16/h3-5,11H,6-8H2,1-2H3. The predicted molar refractivity (Wildman–Crippen MR) is 76.6 cm³/mol. The number of benzene rings is 1. The van der Waals surface area contributed by atoms with Crippen LogP contribution in [0.3, 0.4) is 0 Å². The summed E-state index contributed by atoms with van der Waals surface area (Å²) < 4.78 is 30.1. The van der Waals surface area contributed by atoms with Gasteiger partial charge in [0, 0.05) is 13.5 Å². The van der Waals surface area contributed by atoms with Crippen molar-refractivity contribution in [1.29, 1.82) is 0 Å². The first kappa shape index (κ1) is 15.4. The number of methoxy groups -OCH3 is 1. The van der Waals surface area contributed by atoms with Gasteiger partial charge >= 0.3 is 0 Å². The number of rotatable bonds is 3. The Hall–Kier alpha value is -2.48. The highest BCUT2D eigenvalue weighted by molar-refractivity contribution is 5.95. The minimum Gasteiger partial charge on any atom is -0.494 e. The minimum atomic E-state index is -0.688. The third-order valence-electron chi connectivity index (χ3n) is 3.63. The largest absolute Gasteiger partial charge is 0.494 e. The van der Waals surface area contributed by atoms with Crippen molar-refractivity contribution in [1.82, 2.24) is 15.1 Å². The molecule has 0 radical (unpaired) electrons. The van der Waals surface area contributed by atoms with E-state index >= 15 is 0 Å². The zero-order valence-electron chi connectivity index (χ0n) is 12.8. The van der Waals surface area contributed by atoms with Gasteiger partial charge in [0.05, 0.1) is 25.9 Å². The predicted octanol–water partition coefficient (Wildman–Crippen LogP) is 1.74. The monoisotopic (exact) mass is 321 g/mol. The Labute approximate surface area is 132 Å². The van der Waals surface area contributed by atoms with Crippen LogP contribution in [0, 0.1) is 12.7 Å². The highest BCUT2D eigenvalue weighted by atomic mass is 19.1. The molecule has 1 unspecified atom stereocenters. The van der Waals surface area contributed by atoms with Gasteiger partial charge in [0.2, 0.25) is 11.8 Å². The van der Waals surface area contributed by atoms with Crippen LogP contribution in [-0.4, -0.2) is 47.9 Å². The van der Waals surface area contributed by atoms with Gasteiger partial charge in [-0.1, -0.05) is 6.07 Å². The highest BCUT2D eigenvalue weighted by Crippen LogP contribution is 2.27. The van der Waals surface area contributed by atoms with Crippen molar-refractivity contribution in [2.45, 2.75) is 13.0 Å². The molecule has 1 aliphatic heterocycles. The van der Waals surface area contributed by atoms with E-state index in [0.717, 1.165) is 0 Å². The van der Waals surface area contributed by atoms with E-state index in [1.54, 1.807) is 13.0 Å². The molecule has 1 amide bonds. The quantitative estimate of drug-likeness (QED) is 0.857. The van der Waals surface area contributed by atoms with Crippen LogP contribution in [-0.2, 0) is 4.74 Å². The minimum absolute atomic E-state index is 0.0225. The summed E-state index contributed by atoms with van der Waals surface area (Å²) in [6, 6.07) is 3.92. The Morgan fingerprint density at radius 3 is 2.96 bits per heavy atom. The summed E-state index contributed by atoms with van der Waals surface area (Å²) in [5.74, 6) is -0.462. The normalized spacial score (nSPS) is 18.0. The Morgan fingerprint density at radius 2 is 2.26 bits per heavy atom. The summed E-state index contributed by atoms with van der Waals surface area (Å²) in [6.45, 7) is 2.55. The lowest BCUT2D eigenvalue weighted by Gasteiger charge is -2.33. The van der Waals surface area contributed by atoms with Gasteiger partial charge in [-0.3, -0.25) is 4.79 Å². The fraction of sp³-hybridized carbons (Fsp3) is 0.400. The molecule has 0 saturated carbocycles. The fourth-order valence-corrected chi connectivity index (χ4v) is 2.49. The van der Waals surface area contributed by atoms with Crippen molar-refractivity contribution < 1.29 is 23.1 Å². The number of carbonyl (C=O) groups excluding carboxylic acids is 1. The molecule has 1 aromatic heterocycles. The second-order valence-corrected chi connectivity index (χ2v) is 5.07. The summed E-state index contributed by atoms with van der Waals surface area (Å²) in [7, 11) is 1.35. The van der Waals surface area contributed by atoms with Crippen LogP contribution in [0.5, 0.6) is 5.75 Å². The molecule has 0 bridgehead atoms. The van der Waals surface area contributed by atoms with Gasteiger partial charge in [-0.2, -0.15) is 0 Å². The first-order valence-corrected chi connectivity index (χ1v) is 7.13. The number of halogens is 1. The van der Waals surface area contributed by atoms with Crippen molar-refractivity contribution in [2.75, 3.05) is 26.9 Å². The zero-order valence-corrected chi connectivity index (χ0v) is 12.8. The van der Waals surface area contributed by atoms with Crippen LogP contribution in [0.25, 0.3) is 0 Å². The van der Waals surface area contributed by atoms with Crippen molar-refractivity contribution in [3.8, 4) is 5.75 Å². The van der Waals surface area contributed by atoms with Gasteiger partial charge in [-0.05, 0) is 12.1 Å². The summed E-state index contributed by atoms with van der Waals surface area (Å²) >= 11 is 0. The first-order chi connectivity index (χ1) is 11.1. The zero-order chi connectivity index (χ0) is 16.4. The van der Waals surface area contributed by atoms with E-state index in [9.17, 15) is 9.18 Å². The molecular formula is C15H16FN3O4. The fourth-order valence-electron chi connectivity index (χ4n) is 2.49. The maximum Gasteiger partial charge on any atom is 0.257 e. The van der Waals surface area contributed by atoms with Crippen molar-refractivity contribution in [3.63, 3.8) is 0 Å². The average molecular weight is 321 g/mol. The number of hydrogen-bond donors (Lipinski definition) is 0. The molecule has 23 heavy (non-hydrogen) atoms. The van der Waals surface area contributed by atoms with E-state index in [4.69, 9.17) is 13.9 Å². The van der Waals surface area contributed by atoms with Gasteiger partial charge in [-0.15, -0.1) is 10.2 Å². The van der Waals surface area contributed by atoms with Crippen LogP contribution in [0.4, 0.5) is 4.39 Å². The van der Waals surface area contributed by atoms with E-state index in [-0.39, 0.29) is 23.8 Å². The van der Waals surface area contributed by atoms with Crippen LogP contribution in [0.2, 0.25) is 0 Å². The van der Waals surface area contributed by atoms with Gasteiger partial charge < -0.3 is 18.8 Å². The molecule has 1 fully saturated rings. The summed E-state index contributed by atoms with van der Waals surface area (Å²) in [6.07, 6.45) is 0. The molecule has 122 valence electrons. The smallest absolute Gasteiger partial charge is 0.257 e. The Bertz CT molecular complexity index is 718. The molecule has 1 saturated heterocycles. The van der Waals surface area contributed by atoms with Crippen molar-refractivity contribution in [2.24, 2.45) is 0 Å². The van der Waals surface area contributed by atoms with E-state index < -0.39 is 17.8 Å². The lowest BCUT2D eigenvalue weighted by Crippen LogP contribution is -2.43. The molecule has 2 aromatic rings. The molecule has 0 N–H and O–H groups in total. The topological polar surface area (TPSA) is 77.7 Å². The van der Waals surface area contributed by atoms with E-state index in [2.05, 4.69) is 10.2 Å². The Morgan fingerprint density at radius 1 is 1.43 bits per heavy atom. The Balaban J connectivity index is 1.93. The van der Waals surface area contributed by atoms with Gasteiger partial charge in [-0.25, -0.2) is 4.39 Å². The van der Waals surface area contributed by atoms with E-state index in [0.29, 0.717) is 19.0 Å². The molecule has 3 rings (SSSR count). The Kier molecular flexibility index (Phi) is 4.24. The van der Waals surface area contributed by atoms with Crippen LogP contribution < -0.4 is 4.74 Å². The van der Waals surface area contributed by atoms with E-state index in [1.165, 1.54) is 24.1 Å². The number of morpholine rings is 1. The first-order valence-electron chi connectivity index (χ1n) is 7.13.